The van der Waals surface area contributed by atoms with Crippen molar-refractivity contribution in [3.63, 3.8) is 0 Å². The Morgan fingerprint density at radius 1 is 1.35 bits per heavy atom. The molecule has 0 amide bonds. The fourth-order valence-electron chi connectivity index (χ4n) is 4.07. The first kappa shape index (κ1) is 13.9. The number of hydrogen-bond donors (Lipinski definition) is 1. The molecule has 1 aromatic carbocycles. The summed E-state index contributed by atoms with van der Waals surface area (Å²) in [4.78, 5) is 2.66. The van der Waals surface area contributed by atoms with Crippen molar-refractivity contribution in [2.45, 2.75) is 32.9 Å². The Hall–Kier alpha value is -1.06. The van der Waals surface area contributed by atoms with Crippen molar-refractivity contribution in [1.29, 1.82) is 0 Å². The lowest BCUT2D eigenvalue weighted by Crippen LogP contribution is -2.35. The number of nitrogens with one attached hydrogen (secondary N) is 1. The van der Waals surface area contributed by atoms with E-state index in [0.29, 0.717) is 12.1 Å². The SMILES string of the molecule is COc1ccc(C)cc1C(C)N1CC2CNCC2C1C. The van der Waals surface area contributed by atoms with E-state index in [0.717, 1.165) is 17.6 Å². The van der Waals surface area contributed by atoms with E-state index in [4.69, 9.17) is 4.74 Å². The van der Waals surface area contributed by atoms with Gasteiger partial charge in [0.1, 0.15) is 5.75 Å². The number of hydrogen-bond acceptors (Lipinski definition) is 3. The summed E-state index contributed by atoms with van der Waals surface area (Å²) in [5.74, 6) is 2.65. The quantitative estimate of drug-likeness (QED) is 0.917. The van der Waals surface area contributed by atoms with E-state index in [1.165, 1.54) is 30.8 Å². The van der Waals surface area contributed by atoms with Gasteiger partial charge >= 0.3 is 0 Å². The molecule has 0 bridgehead atoms. The Labute approximate surface area is 122 Å². The number of rotatable bonds is 3. The highest BCUT2D eigenvalue weighted by atomic mass is 16.5. The van der Waals surface area contributed by atoms with Gasteiger partial charge in [0.25, 0.3) is 0 Å². The molecular weight excluding hydrogens is 248 g/mol. The van der Waals surface area contributed by atoms with Crippen LogP contribution in [0.5, 0.6) is 5.75 Å². The summed E-state index contributed by atoms with van der Waals surface area (Å²) in [6, 6.07) is 7.58. The van der Waals surface area contributed by atoms with Gasteiger partial charge in [-0.1, -0.05) is 17.7 Å². The first-order chi connectivity index (χ1) is 9.61. The maximum Gasteiger partial charge on any atom is 0.123 e. The van der Waals surface area contributed by atoms with Gasteiger partial charge in [0.15, 0.2) is 0 Å². The third-order valence-electron chi connectivity index (χ3n) is 5.31. The molecule has 20 heavy (non-hydrogen) atoms. The predicted molar refractivity (Wildman–Crippen MR) is 82.2 cm³/mol. The summed E-state index contributed by atoms with van der Waals surface area (Å²) >= 11 is 0. The second-order valence-corrected chi connectivity index (χ2v) is 6.44. The van der Waals surface area contributed by atoms with Crippen molar-refractivity contribution < 1.29 is 4.74 Å². The fraction of sp³-hybridized carbons (Fsp3) is 0.647. The predicted octanol–water partition coefficient (Wildman–Crippen LogP) is 2.60. The molecule has 0 aliphatic carbocycles. The van der Waals surface area contributed by atoms with Gasteiger partial charge in [-0.2, -0.15) is 0 Å². The van der Waals surface area contributed by atoms with Gasteiger partial charge in [0, 0.05) is 24.2 Å². The van der Waals surface area contributed by atoms with Crippen LogP contribution >= 0.6 is 0 Å². The summed E-state index contributed by atoms with van der Waals surface area (Å²) < 4.78 is 5.57. The highest BCUT2D eigenvalue weighted by Crippen LogP contribution is 2.40. The zero-order valence-corrected chi connectivity index (χ0v) is 13.0. The van der Waals surface area contributed by atoms with Crippen molar-refractivity contribution >= 4 is 0 Å². The molecular formula is C17H26N2O. The van der Waals surface area contributed by atoms with E-state index in [1.54, 1.807) is 7.11 Å². The number of ether oxygens (including phenoxy) is 1. The summed E-state index contributed by atoms with van der Waals surface area (Å²) in [5.41, 5.74) is 2.63. The van der Waals surface area contributed by atoms with Crippen LogP contribution in [0, 0.1) is 18.8 Å². The molecule has 1 N–H and O–H groups in total. The van der Waals surface area contributed by atoms with Crippen LogP contribution in [0.2, 0.25) is 0 Å². The van der Waals surface area contributed by atoms with Gasteiger partial charge in [-0.05, 0) is 51.8 Å². The normalized spacial score (nSPS) is 31.3. The Kier molecular flexibility index (Phi) is 3.74. The summed E-state index contributed by atoms with van der Waals surface area (Å²) in [7, 11) is 1.77. The number of aryl methyl sites for hydroxylation is 1. The number of likely N-dealkylation sites (tertiary alicyclic amines) is 1. The Balaban J connectivity index is 1.86. The highest BCUT2D eigenvalue weighted by molar-refractivity contribution is 5.39. The Bertz CT molecular complexity index is 488. The van der Waals surface area contributed by atoms with Gasteiger partial charge in [0.2, 0.25) is 0 Å². The second-order valence-electron chi connectivity index (χ2n) is 6.44. The Morgan fingerprint density at radius 2 is 2.15 bits per heavy atom. The largest absolute Gasteiger partial charge is 0.496 e. The minimum absolute atomic E-state index is 0.422. The van der Waals surface area contributed by atoms with Crippen molar-refractivity contribution in [2.24, 2.45) is 11.8 Å². The van der Waals surface area contributed by atoms with E-state index in [2.05, 4.69) is 49.2 Å². The first-order valence-electron chi connectivity index (χ1n) is 7.72. The lowest BCUT2D eigenvalue weighted by Gasteiger charge is -2.32. The maximum absolute atomic E-state index is 5.57. The van der Waals surface area contributed by atoms with E-state index in [-0.39, 0.29) is 0 Å². The number of benzene rings is 1. The topological polar surface area (TPSA) is 24.5 Å². The molecule has 0 radical (unpaired) electrons. The summed E-state index contributed by atoms with van der Waals surface area (Å²) in [6.07, 6.45) is 0. The highest BCUT2D eigenvalue weighted by Gasteiger charge is 2.43. The molecule has 2 aliphatic rings. The smallest absolute Gasteiger partial charge is 0.123 e. The number of methoxy groups -OCH3 is 1. The van der Waals surface area contributed by atoms with Gasteiger partial charge in [0.05, 0.1) is 7.11 Å². The van der Waals surface area contributed by atoms with Crippen LogP contribution in [0.15, 0.2) is 18.2 Å². The Morgan fingerprint density at radius 3 is 2.85 bits per heavy atom. The zero-order valence-electron chi connectivity index (χ0n) is 13.0. The minimum Gasteiger partial charge on any atom is -0.496 e. The van der Waals surface area contributed by atoms with Crippen LogP contribution in [-0.4, -0.2) is 37.7 Å². The van der Waals surface area contributed by atoms with Gasteiger partial charge in [-0.3, -0.25) is 4.90 Å². The lowest BCUT2D eigenvalue weighted by atomic mass is 9.95. The zero-order chi connectivity index (χ0) is 14.3. The minimum atomic E-state index is 0.422. The molecule has 3 heteroatoms. The van der Waals surface area contributed by atoms with E-state index >= 15 is 0 Å². The number of fused-ring (bicyclic) bond motifs is 1. The number of nitrogens with zero attached hydrogens (tertiary/aromatic N) is 1. The van der Waals surface area contributed by atoms with Crippen LogP contribution in [0.1, 0.15) is 31.0 Å². The van der Waals surface area contributed by atoms with Gasteiger partial charge in [-0.25, -0.2) is 0 Å². The molecule has 2 heterocycles. The first-order valence-corrected chi connectivity index (χ1v) is 7.72. The average Bonchev–Trinajstić information content (AvgIpc) is 3.01. The fourth-order valence-corrected chi connectivity index (χ4v) is 4.07. The van der Waals surface area contributed by atoms with E-state index in [9.17, 15) is 0 Å². The van der Waals surface area contributed by atoms with Crippen LogP contribution in [0.25, 0.3) is 0 Å². The van der Waals surface area contributed by atoms with Gasteiger partial charge in [-0.15, -0.1) is 0 Å². The molecule has 2 aliphatic heterocycles. The summed E-state index contributed by atoms with van der Waals surface area (Å²) in [6.45, 7) is 10.4. The molecule has 0 spiro atoms. The molecule has 2 fully saturated rings. The van der Waals surface area contributed by atoms with E-state index < -0.39 is 0 Å². The van der Waals surface area contributed by atoms with Crippen LogP contribution in [-0.2, 0) is 0 Å². The standard InChI is InChI=1S/C17H26N2O/c1-11-5-6-17(20-4)15(7-11)12(2)19-10-14-8-18-9-16(14)13(19)3/h5-7,12-14,16,18H,8-10H2,1-4H3. The van der Waals surface area contributed by atoms with Crippen molar-refractivity contribution in [3.8, 4) is 5.75 Å². The molecule has 3 rings (SSSR count). The van der Waals surface area contributed by atoms with Crippen molar-refractivity contribution in [3.05, 3.63) is 29.3 Å². The average molecular weight is 274 g/mol. The van der Waals surface area contributed by atoms with Gasteiger partial charge < -0.3 is 10.1 Å². The van der Waals surface area contributed by atoms with E-state index in [1.807, 2.05) is 0 Å². The van der Waals surface area contributed by atoms with Crippen molar-refractivity contribution in [1.82, 2.24) is 10.2 Å². The molecule has 2 saturated heterocycles. The molecule has 0 saturated carbocycles. The van der Waals surface area contributed by atoms with Crippen molar-refractivity contribution in [2.75, 3.05) is 26.7 Å². The molecule has 0 aromatic heterocycles. The second kappa shape index (κ2) is 5.38. The molecule has 1 aromatic rings. The van der Waals surface area contributed by atoms with Crippen LogP contribution in [0.4, 0.5) is 0 Å². The molecule has 3 nitrogen and oxygen atoms in total. The monoisotopic (exact) mass is 274 g/mol. The van der Waals surface area contributed by atoms with Crippen LogP contribution < -0.4 is 10.1 Å². The van der Waals surface area contributed by atoms with Crippen LogP contribution in [0.3, 0.4) is 0 Å². The summed E-state index contributed by atoms with van der Waals surface area (Å²) in [5, 5.41) is 3.53. The molecule has 110 valence electrons. The molecule has 4 atom stereocenters. The maximum atomic E-state index is 5.57. The third kappa shape index (κ3) is 2.23. The molecule has 4 unspecified atom stereocenters. The third-order valence-corrected chi connectivity index (χ3v) is 5.31. The lowest BCUT2D eigenvalue weighted by molar-refractivity contribution is 0.179.